The van der Waals surface area contributed by atoms with Crippen molar-refractivity contribution in [2.75, 3.05) is 17.1 Å². The van der Waals surface area contributed by atoms with E-state index in [9.17, 15) is 17.6 Å². The fraction of sp³-hybridized carbons (Fsp3) is 0.455. The van der Waals surface area contributed by atoms with E-state index in [1.807, 2.05) is 0 Å². The van der Waals surface area contributed by atoms with E-state index in [0.29, 0.717) is 6.07 Å². The van der Waals surface area contributed by atoms with Crippen molar-refractivity contribution in [1.82, 2.24) is 0 Å². The lowest BCUT2D eigenvalue weighted by Crippen LogP contribution is -2.39. The highest BCUT2D eigenvalue weighted by Gasteiger charge is 2.31. The second-order valence-corrected chi connectivity index (χ2v) is 4.68. The highest BCUT2D eigenvalue weighted by atomic mass is 35.5. The van der Waals surface area contributed by atoms with Crippen LogP contribution in [0.2, 0.25) is 0 Å². The van der Waals surface area contributed by atoms with Gasteiger partial charge in [-0.25, -0.2) is 4.39 Å². The number of rotatable bonds is 4. The Kier molecular flexibility index (Phi) is 4.72. The zero-order chi connectivity index (χ0) is 14.0. The molecular weight excluding hydrogens is 293 g/mol. The normalized spacial score (nSPS) is 12.6. The number of nitrogens with one attached hydrogen (secondary N) is 1. The summed E-state index contributed by atoms with van der Waals surface area (Å²) in [6.45, 7) is 1.64. The summed E-state index contributed by atoms with van der Waals surface area (Å²) in [5.41, 5.74) is -1.89. The highest BCUT2D eigenvalue weighted by Crippen LogP contribution is 2.32. The van der Waals surface area contributed by atoms with Crippen LogP contribution in [0.1, 0.15) is 12.5 Å². The molecule has 0 aromatic heterocycles. The zero-order valence-corrected chi connectivity index (χ0v) is 10.9. The van der Waals surface area contributed by atoms with Gasteiger partial charge >= 0.3 is 6.18 Å². The Morgan fingerprint density at radius 3 is 2.11 bits per heavy atom. The van der Waals surface area contributed by atoms with E-state index < -0.39 is 23.1 Å². The molecule has 1 N–H and O–H groups in total. The molecule has 0 heterocycles. The van der Waals surface area contributed by atoms with Gasteiger partial charge in [-0.05, 0) is 25.1 Å². The van der Waals surface area contributed by atoms with Crippen LogP contribution >= 0.6 is 23.2 Å². The van der Waals surface area contributed by atoms with Gasteiger partial charge in [0, 0.05) is 11.8 Å². The van der Waals surface area contributed by atoms with Crippen molar-refractivity contribution >= 4 is 28.9 Å². The molecule has 0 saturated heterocycles. The van der Waals surface area contributed by atoms with Crippen molar-refractivity contribution in [3.05, 3.63) is 29.6 Å². The number of halogens is 6. The Morgan fingerprint density at radius 1 is 1.17 bits per heavy atom. The SMILES string of the molecule is CC(CCl)(CCl)Nc1ccc(C(F)(F)F)cc1F. The molecule has 1 rings (SSSR count). The summed E-state index contributed by atoms with van der Waals surface area (Å²) in [5, 5.41) is 2.70. The molecule has 0 saturated carbocycles. The Labute approximate surface area is 112 Å². The van der Waals surface area contributed by atoms with Crippen LogP contribution in [0.3, 0.4) is 0 Å². The summed E-state index contributed by atoms with van der Waals surface area (Å²) in [5.74, 6) is -0.806. The topological polar surface area (TPSA) is 12.0 Å². The minimum absolute atomic E-state index is 0.0631. The van der Waals surface area contributed by atoms with E-state index in [2.05, 4.69) is 5.32 Å². The average Bonchev–Trinajstić information content (AvgIpc) is 2.30. The van der Waals surface area contributed by atoms with Crippen molar-refractivity contribution in [2.45, 2.75) is 18.6 Å². The van der Waals surface area contributed by atoms with E-state index in [1.165, 1.54) is 0 Å². The Morgan fingerprint density at radius 2 is 1.72 bits per heavy atom. The van der Waals surface area contributed by atoms with Crippen LogP contribution in [0.15, 0.2) is 18.2 Å². The Hall–Kier alpha value is -0.680. The van der Waals surface area contributed by atoms with Gasteiger partial charge in [-0.15, -0.1) is 23.2 Å². The van der Waals surface area contributed by atoms with Crippen LogP contribution in [0.4, 0.5) is 23.2 Å². The Bertz CT molecular complexity index is 416. The third kappa shape index (κ3) is 3.65. The first-order chi connectivity index (χ1) is 8.22. The third-order valence-electron chi connectivity index (χ3n) is 2.32. The monoisotopic (exact) mass is 303 g/mol. The van der Waals surface area contributed by atoms with E-state index in [1.54, 1.807) is 6.92 Å². The van der Waals surface area contributed by atoms with Crippen molar-refractivity contribution in [2.24, 2.45) is 0 Å². The lowest BCUT2D eigenvalue weighted by atomic mass is 10.1. The number of hydrogen-bond donors (Lipinski definition) is 1. The molecule has 18 heavy (non-hydrogen) atoms. The minimum Gasteiger partial charge on any atom is -0.375 e. The Balaban J connectivity index is 3.00. The highest BCUT2D eigenvalue weighted by molar-refractivity contribution is 6.22. The summed E-state index contributed by atoms with van der Waals surface area (Å²) in [7, 11) is 0. The molecule has 7 heteroatoms. The maximum absolute atomic E-state index is 13.5. The number of alkyl halides is 5. The second kappa shape index (κ2) is 5.53. The fourth-order valence-corrected chi connectivity index (χ4v) is 1.64. The van der Waals surface area contributed by atoms with Crippen LogP contribution in [-0.4, -0.2) is 17.3 Å². The van der Waals surface area contributed by atoms with Crippen molar-refractivity contribution in [3.63, 3.8) is 0 Å². The number of benzene rings is 1. The first-order valence-electron chi connectivity index (χ1n) is 4.99. The largest absolute Gasteiger partial charge is 0.416 e. The van der Waals surface area contributed by atoms with Crippen LogP contribution in [0.25, 0.3) is 0 Å². The molecule has 0 aliphatic rings. The zero-order valence-electron chi connectivity index (χ0n) is 9.41. The predicted octanol–water partition coefficient (Wildman–Crippen LogP) is 4.49. The molecule has 0 bridgehead atoms. The summed E-state index contributed by atoms with van der Waals surface area (Å²) in [6, 6.07) is 2.26. The molecule has 1 aromatic rings. The molecule has 0 spiro atoms. The summed E-state index contributed by atoms with van der Waals surface area (Å²) >= 11 is 11.3. The van der Waals surface area contributed by atoms with Crippen LogP contribution in [-0.2, 0) is 6.18 Å². The third-order valence-corrected chi connectivity index (χ3v) is 3.50. The molecular formula is C11H11Cl2F4N. The van der Waals surface area contributed by atoms with Gasteiger partial charge in [0.05, 0.1) is 16.8 Å². The van der Waals surface area contributed by atoms with Crippen molar-refractivity contribution in [1.29, 1.82) is 0 Å². The molecule has 1 nitrogen and oxygen atoms in total. The lowest BCUT2D eigenvalue weighted by Gasteiger charge is -2.27. The first kappa shape index (κ1) is 15.4. The summed E-state index contributed by atoms with van der Waals surface area (Å²) < 4.78 is 50.6. The molecule has 0 aliphatic carbocycles. The van der Waals surface area contributed by atoms with E-state index >= 15 is 0 Å². The molecule has 102 valence electrons. The van der Waals surface area contributed by atoms with Crippen molar-refractivity contribution in [3.8, 4) is 0 Å². The number of hydrogen-bond acceptors (Lipinski definition) is 1. The summed E-state index contributed by atoms with van der Waals surface area (Å²) in [6.07, 6.45) is -4.57. The minimum atomic E-state index is -4.57. The summed E-state index contributed by atoms with van der Waals surface area (Å²) in [4.78, 5) is 0. The average molecular weight is 304 g/mol. The molecule has 0 unspecified atom stereocenters. The molecule has 0 radical (unpaired) electrons. The molecule has 1 aromatic carbocycles. The first-order valence-corrected chi connectivity index (χ1v) is 6.05. The smallest absolute Gasteiger partial charge is 0.375 e. The van der Waals surface area contributed by atoms with Gasteiger partial charge in [-0.1, -0.05) is 0 Å². The van der Waals surface area contributed by atoms with Crippen molar-refractivity contribution < 1.29 is 17.6 Å². The maximum atomic E-state index is 13.5. The van der Waals surface area contributed by atoms with E-state index in [4.69, 9.17) is 23.2 Å². The van der Waals surface area contributed by atoms with Gasteiger partial charge < -0.3 is 5.32 Å². The fourth-order valence-electron chi connectivity index (χ4n) is 1.22. The van der Waals surface area contributed by atoms with Gasteiger partial charge in [-0.2, -0.15) is 13.2 Å². The predicted molar refractivity (Wildman–Crippen MR) is 64.9 cm³/mol. The van der Waals surface area contributed by atoms with Crippen LogP contribution in [0.5, 0.6) is 0 Å². The number of anilines is 1. The lowest BCUT2D eigenvalue weighted by molar-refractivity contribution is -0.137. The van der Waals surface area contributed by atoms with Gasteiger partial charge in [0.1, 0.15) is 5.82 Å². The van der Waals surface area contributed by atoms with Gasteiger partial charge in [0.25, 0.3) is 0 Å². The maximum Gasteiger partial charge on any atom is 0.416 e. The second-order valence-electron chi connectivity index (χ2n) is 4.15. The van der Waals surface area contributed by atoms with Gasteiger partial charge in [0.15, 0.2) is 0 Å². The quantitative estimate of drug-likeness (QED) is 0.638. The molecule has 0 fully saturated rings. The molecule has 0 aliphatic heterocycles. The van der Waals surface area contributed by atoms with Gasteiger partial charge in [0.2, 0.25) is 0 Å². The standard InChI is InChI=1S/C11H11Cl2F4N/c1-10(5-12,6-13)18-9-3-2-7(4-8(9)14)11(15,16)17/h2-4,18H,5-6H2,1H3. The van der Waals surface area contributed by atoms with Gasteiger partial charge in [-0.3, -0.25) is 0 Å². The molecule has 0 atom stereocenters. The van der Waals surface area contributed by atoms with E-state index in [-0.39, 0.29) is 17.4 Å². The van der Waals surface area contributed by atoms with Crippen LogP contribution in [0, 0.1) is 5.82 Å². The van der Waals surface area contributed by atoms with E-state index in [0.717, 1.165) is 12.1 Å². The van der Waals surface area contributed by atoms with Crippen LogP contribution < -0.4 is 5.32 Å². The molecule has 0 amide bonds.